The molecule has 124 valence electrons. The number of rotatable bonds is 3. The number of amides is 1. The Morgan fingerprint density at radius 2 is 1.92 bits per heavy atom. The SMILES string of the molecule is CN(Cc1nc2ccccc2c(=O)[nH]1)C(=O)c1cc2ccccc2o1. The highest BCUT2D eigenvalue weighted by atomic mass is 16.3. The summed E-state index contributed by atoms with van der Waals surface area (Å²) in [4.78, 5) is 33.3. The second kappa shape index (κ2) is 5.90. The zero-order chi connectivity index (χ0) is 17.4. The van der Waals surface area contributed by atoms with Gasteiger partial charge in [-0.25, -0.2) is 4.98 Å². The minimum absolute atomic E-state index is 0.177. The Balaban J connectivity index is 1.61. The Labute approximate surface area is 142 Å². The summed E-state index contributed by atoms with van der Waals surface area (Å²) in [6, 6.07) is 16.3. The van der Waals surface area contributed by atoms with Crippen molar-refractivity contribution in [2.24, 2.45) is 0 Å². The molecule has 1 amide bonds. The zero-order valence-corrected chi connectivity index (χ0v) is 13.5. The molecule has 0 unspecified atom stereocenters. The fraction of sp³-hybridized carbons (Fsp3) is 0.105. The molecule has 0 saturated carbocycles. The number of para-hydroxylation sites is 2. The van der Waals surface area contributed by atoms with Gasteiger partial charge in [0.15, 0.2) is 5.76 Å². The van der Waals surface area contributed by atoms with Gasteiger partial charge < -0.3 is 14.3 Å². The molecule has 0 bridgehead atoms. The summed E-state index contributed by atoms with van der Waals surface area (Å²) in [7, 11) is 1.64. The highest BCUT2D eigenvalue weighted by Crippen LogP contribution is 2.20. The van der Waals surface area contributed by atoms with Crippen molar-refractivity contribution in [2.75, 3.05) is 7.05 Å². The van der Waals surface area contributed by atoms with Gasteiger partial charge in [0.2, 0.25) is 0 Å². The molecule has 2 aromatic carbocycles. The lowest BCUT2D eigenvalue weighted by Gasteiger charge is -2.15. The summed E-state index contributed by atoms with van der Waals surface area (Å²) >= 11 is 0. The first kappa shape index (κ1) is 15.1. The number of H-pyrrole nitrogens is 1. The van der Waals surface area contributed by atoms with Gasteiger partial charge in [-0.15, -0.1) is 0 Å². The number of nitrogens with zero attached hydrogens (tertiary/aromatic N) is 2. The van der Waals surface area contributed by atoms with E-state index in [9.17, 15) is 9.59 Å². The summed E-state index contributed by atoms with van der Waals surface area (Å²) in [5, 5.41) is 1.40. The van der Waals surface area contributed by atoms with E-state index < -0.39 is 0 Å². The maximum atomic E-state index is 12.6. The van der Waals surface area contributed by atoms with Crippen molar-refractivity contribution >= 4 is 27.8 Å². The van der Waals surface area contributed by atoms with Gasteiger partial charge in [0.25, 0.3) is 11.5 Å². The quantitative estimate of drug-likeness (QED) is 0.625. The molecule has 0 fully saturated rings. The third-order valence-corrected chi connectivity index (χ3v) is 4.03. The number of carbonyl (C=O) groups excluding carboxylic acids is 1. The molecule has 4 aromatic rings. The van der Waals surface area contributed by atoms with E-state index in [-0.39, 0.29) is 23.8 Å². The average Bonchev–Trinajstić information content (AvgIpc) is 3.05. The van der Waals surface area contributed by atoms with E-state index in [2.05, 4.69) is 9.97 Å². The normalized spacial score (nSPS) is 11.1. The standard InChI is InChI=1S/C19H15N3O3/c1-22(19(24)16-10-12-6-2-5-9-15(12)25-16)11-17-20-14-8-4-3-7-13(14)18(23)21-17/h2-10H,11H2,1H3,(H,20,21,23). The van der Waals surface area contributed by atoms with E-state index in [4.69, 9.17) is 4.42 Å². The molecule has 0 spiro atoms. The first-order valence-electron chi connectivity index (χ1n) is 7.84. The number of hydrogen-bond donors (Lipinski definition) is 1. The number of aromatic amines is 1. The smallest absolute Gasteiger partial charge is 0.289 e. The number of nitrogens with one attached hydrogen (secondary N) is 1. The Morgan fingerprint density at radius 3 is 2.76 bits per heavy atom. The number of fused-ring (bicyclic) bond motifs is 2. The molecule has 4 rings (SSSR count). The number of carbonyl (C=O) groups is 1. The van der Waals surface area contributed by atoms with Gasteiger partial charge in [-0.05, 0) is 24.3 Å². The summed E-state index contributed by atoms with van der Waals surface area (Å²) in [6.45, 7) is 0.177. The van der Waals surface area contributed by atoms with Gasteiger partial charge in [-0.1, -0.05) is 30.3 Å². The van der Waals surface area contributed by atoms with Gasteiger partial charge >= 0.3 is 0 Å². The molecule has 0 aliphatic heterocycles. The minimum atomic E-state index is -0.271. The third kappa shape index (κ3) is 2.78. The van der Waals surface area contributed by atoms with E-state index in [1.807, 2.05) is 30.3 Å². The fourth-order valence-electron chi connectivity index (χ4n) is 2.78. The van der Waals surface area contributed by atoms with Crippen LogP contribution >= 0.6 is 0 Å². The van der Waals surface area contributed by atoms with Crippen LogP contribution < -0.4 is 5.56 Å². The molecule has 2 heterocycles. The highest BCUT2D eigenvalue weighted by Gasteiger charge is 2.18. The van der Waals surface area contributed by atoms with Crippen LogP contribution in [-0.2, 0) is 6.54 Å². The van der Waals surface area contributed by atoms with Gasteiger partial charge in [-0.2, -0.15) is 0 Å². The molecular weight excluding hydrogens is 318 g/mol. The largest absolute Gasteiger partial charge is 0.451 e. The van der Waals surface area contributed by atoms with Gasteiger partial charge in [0.05, 0.1) is 17.4 Å². The highest BCUT2D eigenvalue weighted by molar-refractivity contribution is 5.95. The molecule has 6 nitrogen and oxygen atoms in total. The summed E-state index contributed by atoms with van der Waals surface area (Å²) in [5.41, 5.74) is 1.05. The molecule has 0 aliphatic carbocycles. The molecule has 6 heteroatoms. The summed E-state index contributed by atoms with van der Waals surface area (Å²) in [5.74, 6) is 0.412. The fourth-order valence-corrected chi connectivity index (χ4v) is 2.78. The van der Waals surface area contributed by atoms with Crippen molar-refractivity contribution in [3.05, 3.63) is 76.5 Å². The van der Waals surface area contributed by atoms with E-state index in [0.717, 1.165) is 5.39 Å². The van der Waals surface area contributed by atoms with Crippen LogP contribution in [0.4, 0.5) is 0 Å². The van der Waals surface area contributed by atoms with Crippen molar-refractivity contribution in [1.29, 1.82) is 0 Å². The number of benzene rings is 2. The lowest BCUT2D eigenvalue weighted by Crippen LogP contribution is -2.28. The predicted molar refractivity (Wildman–Crippen MR) is 94.4 cm³/mol. The first-order valence-corrected chi connectivity index (χ1v) is 7.84. The van der Waals surface area contributed by atoms with Gasteiger partial charge in [0, 0.05) is 12.4 Å². The van der Waals surface area contributed by atoms with Crippen LogP contribution in [0, 0.1) is 0 Å². The Bertz CT molecular complexity index is 1110. The minimum Gasteiger partial charge on any atom is -0.451 e. The summed E-state index contributed by atoms with van der Waals surface area (Å²) in [6.07, 6.45) is 0. The average molecular weight is 333 g/mol. The Kier molecular flexibility index (Phi) is 3.57. The molecule has 0 aliphatic rings. The van der Waals surface area contributed by atoms with E-state index in [1.165, 1.54) is 4.90 Å². The van der Waals surface area contributed by atoms with Crippen LogP contribution in [0.25, 0.3) is 21.9 Å². The second-order valence-electron chi connectivity index (χ2n) is 5.84. The number of furan rings is 1. The molecule has 25 heavy (non-hydrogen) atoms. The Morgan fingerprint density at radius 1 is 1.16 bits per heavy atom. The first-order chi connectivity index (χ1) is 12.1. The van der Waals surface area contributed by atoms with Gasteiger partial charge in [0.1, 0.15) is 11.4 Å². The van der Waals surface area contributed by atoms with Crippen molar-refractivity contribution in [3.8, 4) is 0 Å². The van der Waals surface area contributed by atoms with Crippen LogP contribution in [0.5, 0.6) is 0 Å². The number of aromatic nitrogens is 2. The third-order valence-electron chi connectivity index (χ3n) is 4.03. The van der Waals surface area contributed by atoms with Crippen LogP contribution in [0.2, 0.25) is 0 Å². The lowest BCUT2D eigenvalue weighted by atomic mass is 10.2. The van der Waals surface area contributed by atoms with E-state index in [0.29, 0.717) is 22.3 Å². The van der Waals surface area contributed by atoms with Crippen LogP contribution in [0.3, 0.4) is 0 Å². The maximum Gasteiger partial charge on any atom is 0.289 e. The second-order valence-corrected chi connectivity index (χ2v) is 5.84. The lowest BCUT2D eigenvalue weighted by molar-refractivity contribution is 0.0752. The zero-order valence-electron chi connectivity index (χ0n) is 13.5. The van der Waals surface area contributed by atoms with E-state index in [1.54, 1.807) is 31.3 Å². The van der Waals surface area contributed by atoms with Crippen molar-refractivity contribution < 1.29 is 9.21 Å². The van der Waals surface area contributed by atoms with Crippen LogP contribution in [0.1, 0.15) is 16.4 Å². The Hall–Kier alpha value is -3.41. The van der Waals surface area contributed by atoms with Crippen LogP contribution in [0.15, 0.2) is 63.8 Å². The molecule has 1 N–H and O–H groups in total. The molecule has 0 radical (unpaired) electrons. The summed E-state index contributed by atoms with van der Waals surface area (Å²) < 4.78 is 5.60. The molecule has 0 atom stereocenters. The number of hydrogen-bond acceptors (Lipinski definition) is 4. The van der Waals surface area contributed by atoms with Crippen LogP contribution in [-0.4, -0.2) is 27.8 Å². The van der Waals surface area contributed by atoms with Gasteiger partial charge in [-0.3, -0.25) is 9.59 Å². The maximum absolute atomic E-state index is 12.6. The van der Waals surface area contributed by atoms with Crippen molar-refractivity contribution in [1.82, 2.24) is 14.9 Å². The van der Waals surface area contributed by atoms with Crippen molar-refractivity contribution in [3.63, 3.8) is 0 Å². The monoisotopic (exact) mass is 333 g/mol. The van der Waals surface area contributed by atoms with E-state index >= 15 is 0 Å². The molecule has 0 saturated heterocycles. The molecular formula is C19H15N3O3. The molecule has 2 aromatic heterocycles. The topological polar surface area (TPSA) is 79.2 Å². The van der Waals surface area contributed by atoms with Crippen molar-refractivity contribution in [2.45, 2.75) is 6.54 Å². The predicted octanol–water partition coefficient (Wildman–Crippen LogP) is 2.94.